The van der Waals surface area contributed by atoms with Gasteiger partial charge in [-0.3, -0.25) is 4.98 Å². The summed E-state index contributed by atoms with van der Waals surface area (Å²) in [5.74, 6) is 1.85. The summed E-state index contributed by atoms with van der Waals surface area (Å²) in [6.45, 7) is 5.05. The molecule has 1 N–H and O–H groups in total. The highest BCUT2D eigenvalue weighted by molar-refractivity contribution is 5.38. The van der Waals surface area contributed by atoms with Crippen LogP contribution in [0.5, 0.6) is 11.6 Å². The van der Waals surface area contributed by atoms with Gasteiger partial charge in [-0.2, -0.15) is 0 Å². The summed E-state index contributed by atoms with van der Waals surface area (Å²) in [5.41, 5.74) is 2.07. The van der Waals surface area contributed by atoms with Crippen molar-refractivity contribution in [2.24, 2.45) is 0 Å². The van der Waals surface area contributed by atoms with Gasteiger partial charge >= 0.3 is 0 Å². The SMILES string of the molecule is CCC(C)c1ccccc1Oc1cncc(CNC)n1. The molecule has 2 aromatic rings. The maximum atomic E-state index is 5.92. The molecule has 1 atom stereocenters. The van der Waals surface area contributed by atoms with Gasteiger partial charge in [0.05, 0.1) is 11.9 Å². The maximum absolute atomic E-state index is 5.92. The molecular weight excluding hydrogens is 250 g/mol. The van der Waals surface area contributed by atoms with Crippen LogP contribution in [0.25, 0.3) is 0 Å². The number of ether oxygens (including phenoxy) is 1. The lowest BCUT2D eigenvalue weighted by Crippen LogP contribution is -2.07. The Morgan fingerprint density at radius 3 is 2.80 bits per heavy atom. The number of rotatable bonds is 6. The van der Waals surface area contributed by atoms with Crippen LogP contribution in [-0.2, 0) is 6.54 Å². The number of para-hydroxylation sites is 1. The summed E-state index contributed by atoms with van der Waals surface area (Å²) < 4.78 is 5.92. The quantitative estimate of drug-likeness (QED) is 0.873. The molecule has 0 saturated heterocycles. The Bertz CT molecular complexity index is 557. The normalized spacial score (nSPS) is 12.2. The summed E-state index contributed by atoms with van der Waals surface area (Å²) >= 11 is 0. The Balaban J connectivity index is 2.23. The van der Waals surface area contributed by atoms with Gasteiger partial charge in [0.15, 0.2) is 0 Å². The molecule has 4 nitrogen and oxygen atoms in total. The Hall–Kier alpha value is -1.94. The first kappa shape index (κ1) is 14.5. The molecule has 1 heterocycles. The van der Waals surface area contributed by atoms with Crippen LogP contribution in [0.2, 0.25) is 0 Å². The Morgan fingerprint density at radius 2 is 2.05 bits per heavy atom. The first-order chi connectivity index (χ1) is 9.74. The van der Waals surface area contributed by atoms with E-state index in [1.807, 2.05) is 25.2 Å². The molecule has 4 heteroatoms. The molecular formula is C16H21N3O. The predicted octanol–water partition coefficient (Wildman–Crippen LogP) is 3.50. The van der Waals surface area contributed by atoms with Crippen molar-refractivity contribution >= 4 is 0 Å². The fraction of sp³-hybridized carbons (Fsp3) is 0.375. The lowest BCUT2D eigenvalue weighted by atomic mass is 9.98. The molecule has 106 valence electrons. The van der Waals surface area contributed by atoms with E-state index in [0.29, 0.717) is 18.3 Å². The second-order valence-corrected chi connectivity index (χ2v) is 4.83. The van der Waals surface area contributed by atoms with Gasteiger partial charge in [-0.25, -0.2) is 4.98 Å². The predicted molar refractivity (Wildman–Crippen MR) is 80.0 cm³/mol. The van der Waals surface area contributed by atoms with E-state index in [1.165, 1.54) is 5.56 Å². The first-order valence-electron chi connectivity index (χ1n) is 6.97. The van der Waals surface area contributed by atoms with E-state index < -0.39 is 0 Å². The van der Waals surface area contributed by atoms with Gasteiger partial charge in [0.1, 0.15) is 5.75 Å². The highest BCUT2D eigenvalue weighted by atomic mass is 16.5. The van der Waals surface area contributed by atoms with E-state index in [2.05, 4.69) is 35.2 Å². The largest absolute Gasteiger partial charge is 0.437 e. The number of hydrogen-bond acceptors (Lipinski definition) is 4. The fourth-order valence-electron chi connectivity index (χ4n) is 2.01. The van der Waals surface area contributed by atoms with Crippen LogP contribution in [0.15, 0.2) is 36.7 Å². The minimum absolute atomic E-state index is 0.458. The molecule has 0 spiro atoms. The van der Waals surface area contributed by atoms with Crippen LogP contribution < -0.4 is 10.1 Å². The third-order valence-electron chi connectivity index (χ3n) is 3.30. The highest BCUT2D eigenvalue weighted by Crippen LogP contribution is 2.31. The standard InChI is InChI=1S/C16H21N3O/c1-4-12(2)14-7-5-6-8-15(14)20-16-11-18-10-13(19-16)9-17-3/h5-8,10-12,17H,4,9H2,1-3H3. The van der Waals surface area contributed by atoms with Crippen molar-refractivity contribution in [1.29, 1.82) is 0 Å². The summed E-state index contributed by atoms with van der Waals surface area (Å²) in [5, 5.41) is 3.06. The Morgan fingerprint density at radius 1 is 1.25 bits per heavy atom. The van der Waals surface area contributed by atoms with Crippen LogP contribution >= 0.6 is 0 Å². The van der Waals surface area contributed by atoms with Crippen molar-refractivity contribution in [2.45, 2.75) is 32.7 Å². The van der Waals surface area contributed by atoms with E-state index in [4.69, 9.17) is 4.74 Å². The van der Waals surface area contributed by atoms with Crippen LogP contribution in [0.4, 0.5) is 0 Å². The van der Waals surface area contributed by atoms with E-state index in [0.717, 1.165) is 17.9 Å². The van der Waals surface area contributed by atoms with E-state index >= 15 is 0 Å². The maximum Gasteiger partial charge on any atom is 0.238 e. The Labute approximate surface area is 120 Å². The average molecular weight is 271 g/mol. The molecule has 0 bridgehead atoms. The van der Waals surface area contributed by atoms with Crippen molar-refractivity contribution in [3.05, 3.63) is 47.9 Å². The van der Waals surface area contributed by atoms with Crippen molar-refractivity contribution in [3.63, 3.8) is 0 Å². The van der Waals surface area contributed by atoms with Crippen LogP contribution in [-0.4, -0.2) is 17.0 Å². The van der Waals surface area contributed by atoms with Crippen LogP contribution in [0, 0.1) is 0 Å². The lowest BCUT2D eigenvalue weighted by Gasteiger charge is -2.15. The van der Waals surface area contributed by atoms with E-state index in [9.17, 15) is 0 Å². The molecule has 0 aliphatic rings. The summed E-state index contributed by atoms with van der Waals surface area (Å²) in [6.07, 6.45) is 4.46. The zero-order valence-electron chi connectivity index (χ0n) is 12.3. The van der Waals surface area contributed by atoms with Crippen molar-refractivity contribution < 1.29 is 4.74 Å². The minimum Gasteiger partial charge on any atom is -0.437 e. The minimum atomic E-state index is 0.458. The van der Waals surface area contributed by atoms with Crippen LogP contribution in [0.3, 0.4) is 0 Å². The van der Waals surface area contributed by atoms with Gasteiger partial charge in [-0.05, 0) is 31.0 Å². The number of hydrogen-bond donors (Lipinski definition) is 1. The molecule has 0 radical (unpaired) electrons. The van der Waals surface area contributed by atoms with E-state index in [1.54, 1.807) is 12.4 Å². The number of nitrogens with one attached hydrogen (secondary N) is 1. The monoisotopic (exact) mass is 271 g/mol. The Kier molecular flexibility index (Phi) is 5.07. The van der Waals surface area contributed by atoms with Crippen molar-refractivity contribution in [2.75, 3.05) is 7.05 Å². The smallest absolute Gasteiger partial charge is 0.238 e. The molecule has 0 aliphatic heterocycles. The molecule has 0 fully saturated rings. The van der Waals surface area contributed by atoms with Crippen molar-refractivity contribution in [1.82, 2.24) is 15.3 Å². The molecule has 0 aliphatic carbocycles. The summed E-state index contributed by atoms with van der Waals surface area (Å²) in [4.78, 5) is 8.60. The molecule has 0 amide bonds. The number of aromatic nitrogens is 2. The van der Waals surface area contributed by atoms with Crippen LogP contribution in [0.1, 0.15) is 37.4 Å². The molecule has 2 rings (SSSR count). The highest BCUT2D eigenvalue weighted by Gasteiger charge is 2.11. The fourth-order valence-corrected chi connectivity index (χ4v) is 2.01. The zero-order valence-corrected chi connectivity index (χ0v) is 12.3. The molecule has 0 saturated carbocycles. The molecule has 1 aromatic heterocycles. The van der Waals surface area contributed by atoms with Gasteiger partial charge in [0, 0.05) is 12.7 Å². The van der Waals surface area contributed by atoms with Gasteiger partial charge < -0.3 is 10.1 Å². The molecule has 1 aromatic carbocycles. The lowest BCUT2D eigenvalue weighted by molar-refractivity contribution is 0.446. The first-order valence-corrected chi connectivity index (χ1v) is 6.97. The van der Waals surface area contributed by atoms with Gasteiger partial charge in [-0.1, -0.05) is 32.0 Å². The summed E-state index contributed by atoms with van der Waals surface area (Å²) in [6, 6.07) is 8.10. The number of benzene rings is 1. The average Bonchev–Trinajstić information content (AvgIpc) is 2.48. The molecule has 20 heavy (non-hydrogen) atoms. The number of nitrogens with zero attached hydrogens (tertiary/aromatic N) is 2. The third-order valence-corrected chi connectivity index (χ3v) is 3.30. The van der Waals surface area contributed by atoms with Gasteiger partial charge in [0.25, 0.3) is 0 Å². The topological polar surface area (TPSA) is 47.0 Å². The van der Waals surface area contributed by atoms with Crippen molar-refractivity contribution in [3.8, 4) is 11.6 Å². The zero-order chi connectivity index (χ0) is 14.4. The molecule has 1 unspecified atom stereocenters. The summed E-state index contributed by atoms with van der Waals surface area (Å²) in [7, 11) is 1.88. The van der Waals surface area contributed by atoms with E-state index in [-0.39, 0.29) is 0 Å². The van der Waals surface area contributed by atoms with Gasteiger partial charge in [-0.15, -0.1) is 0 Å². The second-order valence-electron chi connectivity index (χ2n) is 4.83. The van der Waals surface area contributed by atoms with Gasteiger partial charge in [0.2, 0.25) is 5.88 Å². The third kappa shape index (κ3) is 3.54. The second kappa shape index (κ2) is 7.01.